The maximum absolute atomic E-state index is 5.72. The second-order valence-corrected chi connectivity index (χ2v) is 9.88. The lowest BCUT2D eigenvalue weighted by Gasteiger charge is -2.42. The van der Waals surface area contributed by atoms with Gasteiger partial charge in [0, 0.05) is 0 Å². The molecule has 32 heavy (non-hydrogen) atoms. The van der Waals surface area contributed by atoms with Crippen molar-refractivity contribution < 1.29 is 4.74 Å². The molecule has 0 aliphatic heterocycles. The Hall–Kier alpha value is -2.28. The van der Waals surface area contributed by atoms with E-state index in [1.165, 1.54) is 62.5 Å². The molecule has 4 atom stereocenters. The quantitative estimate of drug-likeness (QED) is 0.381. The highest BCUT2D eigenvalue weighted by Crippen LogP contribution is 2.48. The third-order valence-corrected chi connectivity index (χ3v) is 7.85. The molecule has 1 heteroatoms. The summed E-state index contributed by atoms with van der Waals surface area (Å²) >= 11 is 0. The highest BCUT2D eigenvalue weighted by molar-refractivity contribution is 5.64. The van der Waals surface area contributed by atoms with E-state index in [9.17, 15) is 0 Å². The van der Waals surface area contributed by atoms with Crippen LogP contribution in [-0.4, -0.2) is 6.61 Å². The molecule has 2 fully saturated rings. The van der Waals surface area contributed by atoms with Crippen LogP contribution in [0.3, 0.4) is 0 Å². The molecule has 2 aromatic carbocycles. The molecule has 0 spiro atoms. The van der Waals surface area contributed by atoms with E-state index in [0.717, 1.165) is 29.4 Å². The van der Waals surface area contributed by atoms with Gasteiger partial charge in [-0.05, 0) is 111 Å². The van der Waals surface area contributed by atoms with Crippen LogP contribution in [0.1, 0.15) is 76.7 Å². The average Bonchev–Trinajstić information content (AvgIpc) is 2.85. The van der Waals surface area contributed by atoms with Crippen molar-refractivity contribution in [2.24, 2.45) is 17.8 Å². The molecule has 2 aliphatic carbocycles. The minimum atomic E-state index is 0.630. The SMILES string of the molecule is C/C=C/CCC1CCC2CC(c3ccc(-c4ccc(OC/C=C/C)cc4)cc3)CCC2C1. The molecule has 0 N–H and O–H groups in total. The van der Waals surface area contributed by atoms with Gasteiger partial charge in [0.25, 0.3) is 0 Å². The Morgan fingerprint density at radius 3 is 2.12 bits per heavy atom. The number of allylic oxidation sites excluding steroid dienone is 3. The van der Waals surface area contributed by atoms with Crippen LogP contribution in [0.4, 0.5) is 0 Å². The van der Waals surface area contributed by atoms with E-state index in [2.05, 4.69) is 67.6 Å². The number of rotatable bonds is 8. The smallest absolute Gasteiger partial charge is 0.119 e. The second kappa shape index (κ2) is 11.5. The Bertz CT molecular complexity index is 874. The van der Waals surface area contributed by atoms with E-state index in [0.29, 0.717) is 6.61 Å². The molecule has 0 radical (unpaired) electrons. The van der Waals surface area contributed by atoms with Gasteiger partial charge in [0.05, 0.1) is 0 Å². The van der Waals surface area contributed by atoms with Gasteiger partial charge in [-0.3, -0.25) is 0 Å². The van der Waals surface area contributed by atoms with Crippen LogP contribution < -0.4 is 4.74 Å². The van der Waals surface area contributed by atoms with Crippen LogP contribution in [0, 0.1) is 17.8 Å². The summed E-state index contributed by atoms with van der Waals surface area (Å²) in [5.41, 5.74) is 4.10. The largest absolute Gasteiger partial charge is 0.490 e. The van der Waals surface area contributed by atoms with Crippen molar-refractivity contribution in [2.75, 3.05) is 6.61 Å². The molecule has 2 aliphatic rings. The Kier molecular flexibility index (Phi) is 8.26. The third-order valence-electron chi connectivity index (χ3n) is 7.85. The first kappa shape index (κ1) is 22.9. The Balaban J connectivity index is 1.31. The van der Waals surface area contributed by atoms with Crippen molar-refractivity contribution in [3.63, 3.8) is 0 Å². The number of benzene rings is 2. The predicted molar refractivity (Wildman–Crippen MR) is 137 cm³/mol. The lowest BCUT2D eigenvalue weighted by Crippen LogP contribution is -2.30. The van der Waals surface area contributed by atoms with E-state index >= 15 is 0 Å². The fourth-order valence-electron chi connectivity index (χ4n) is 5.98. The van der Waals surface area contributed by atoms with E-state index < -0.39 is 0 Å². The summed E-state index contributed by atoms with van der Waals surface area (Å²) in [7, 11) is 0. The summed E-state index contributed by atoms with van der Waals surface area (Å²) in [5, 5.41) is 0. The average molecular weight is 429 g/mol. The standard InChI is InChI=1S/C31H40O/c1-3-5-7-8-24-9-10-30-23-29(16-15-28(30)22-24)27-13-11-25(12-14-27)26-17-19-31(20-18-26)32-21-6-4-2/h3-6,11-14,17-20,24,28-30H,7-10,15-16,21-23H2,1-2H3/b5-3+,6-4+. The first-order valence-electron chi connectivity index (χ1n) is 12.8. The first-order chi connectivity index (χ1) is 15.8. The summed E-state index contributed by atoms with van der Waals surface area (Å²) < 4.78 is 5.72. The van der Waals surface area contributed by atoms with Crippen LogP contribution in [-0.2, 0) is 0 Å². The van der Waals surface area contributed by atoms with Gasteiger partial charge in [0.15, 0.2) is 0 Å². The van der Waals surface area contributed by atoms with Crippen LogP contribution in [0.25, 0.3) is 11.1 Å². The van der Waals surface area contributed by atoms with E-state index in [1.54, 1.807) is 5.56 Å². The summed E-state index contributed by atoms with van der Waals surface area (Å²) in [6, 6.07) is 17.9. The third kappa shape index (κ3) is 5.94. The molecule has 0 aromatic heterocycles. The van der Waals surface area contributed by atoms with Crippen molar-refractivity contribution in [1.82, 2.24) is 0 Å². The fraction of sp³-hybridized carbons (Fsp3) is 0.484. The molecular weight excluding hydrogens is 388 g/mol. The van der Waals surface area contributed by atoms with Crippen molar-refractivity contribution in [3.8, 4) is 16.9 Å². The van der Waals surface area contributed by atoms with Crippen LogP contribution in [0.15, 0.2) is 72.8 Å². The maximum atomic E-state index is 5.72. The van der Waals surface area contributed by atoms with E-state index in [4.69, 9.17) is 4.74 Å². The van der Waals surface area contributed by atoms with Gasteiger partial charge in [-0.15, -0.1) is 0 Å². The van der Waals surface area contributed by atoms with Crippen LogP contribution in [0.2, 0.25) is 0 Å². The number of hydrogen-bond acceptors (Lipinski definition) is 1. The molecule has 0 bridgehead atoms. The summed E-state index contributed by atoms with van der Waals surface area (Å²) in [6.07, 6.45) is 19.9. The van der Waals surface area contributed by atoms with Gasteiger partial charge in [0.1, 0.15) is 12.4 Å². The number of fused-ring (bicyclic) bond motifs is 1. The lowest BCUT2D eigenvalue weighted by atomic mass is 9.63. The highest BCUT2D eigenvalue weighted by atomic mass is 16.5. The fourth-order valence-corrected chi connectivity index (χ4v) is 5.98. The van der Waals surface area contributed by atoms with Gasteiger partial charge in [-0.2, -0.15) is 0 Å². The second-order valence-electron chi connectivity index (χ2n) is 9.88. The predicted octanol–water partition coefficient (Wildman–Crippen LogP) is 8.96. The van der Waals surface area contributed by atoms with E-state index in [-0.39, 0.29) is 0 Å². The van der Waals surface area contributed by atoms with Gasteiger partial charge in [-0.1, -0.05) is 67.1 Å². The normalized spacial score (nSPS) is 25.8. The van der Waals surface area contributed by atoms with Gasteiger partial charge < -0.3 is 4.74 Å². The summed E-state index contributed by atoms with van der Waals surface area (Å²) in [4.78, 5) is 0. The highest BCUT2D eigenvalue weighted by Gasteiger charge is 2.35. The van der Waals surface area contributed by atoms with E-state index in [1.807, 2.05) is 19.1 Å². The first-order valence-corrected chi connectivity index (χ1v) is 12.8. The molecule has 0 saturated heterocycles. The zero-order valence-corrected chi connectivity index (χ0v) is 20.0. The Labute approximate surface area is 195 Å². The van der Waals surface area contributed by atoms with Crippen molar-refractivity contribution in [3.05, 3.63) is 78.4 Å². The lowest BCUT2D eigenvalue weighted by molar-refractivity contribution is 0.115. The Morgan fingerprint density at radius 2 is 1.41 bits per heavy atom. The molecule has 2 saturated carbocycles. The van der Waals surface area contributed by atoms with Crippen molar-refractivity contribution in [1.29, 1.82) is 0 Å². The summed E-state index contributed by atoms with van der Waals surface area (Å²) in [6.45, 7) is 4.79. The zero-order valence-electron chi connectivity index (χ0n) is 20.0. The molecule has 170 valence electrons. The number of ether oxygens (including phenoxy) is 1. The molecule has 1 nitrogen and oxygen atoms in total. The van der Waals surface area contributed by atoms with Crippen LogP contribution >= 0.6 is 0 Å². The molecule has 0 heterocycles. The molecular formula is C31H40O. The number of hydrogen-bond donors (Lipinski definition) is 0. The van der Waals surface area contributed by atoms with Crippen molar-refractivity contribution in [2.45, 2.75) is 71.1 Å². The van der Waals surface area contributed by atoms with Gasteiger partial charge in [-0.25, -0.2) is 0 Å². The monoisotopic (exact) mass is 428 g/mol. The maximum Gasteiger partial charge on any atom is 0.119 e. The summed E-state index contributed by atoms with van der Waals surface area (Å²) in [5.74, 6) is 4.61. The zero-order chi connectivity index (χ0) is 22.2. The molecule has 4 rings (SSSR count). The van der Waals surface area contributed by atoms with Gasteiger partial charge in [0.2, 0.25) is 0 Å². The van der Waals surface area contributed by atoms with Gasteiger partial charge >= 0.3 is 0 Å². The molecule has 4 unspecified atom stereocenters. The molecule has 2 aromatic rings. The minimum absolute atomic E-state index is 0.630. The topological polar surface area (TPSA) is 9.23 Å². The minimum Gasteiger partial charge on any atom is -0.490 e. The molecule has 0 amide bonds. The Morgan fingerprint density at radius 1 is 0.750 bits per heavy atom. The van der Waals surface area contributed by atoms with Crippen LogP contribution in [0.5, 0.6) is 5.75 Å². The van der Waals surface area contributed by atoms with Crippen molar-refractivity contribution >= 4 is 0 Å².